The van der Waals surface area contributed by atoms with Crippen LogP contribution in [0.1, 0.15) is 25.2 Å². The number of alkyl halides is 4. The summed E-state index contributed by atoms with van der Waals surface area (Å²) in [5.74, 6) is -1.73. The molecule has 5 aromatic rings. The lowest BCUT2D eigenvalue weighted by Crippen LogP contribution is -2.40. The largest absolute Gasteiger partial charge is 0.347 e. The molecule has 0 unspecified atom stereocenters. The molecule has 38 heavy (non-hydrogen) atoms. The van der Waals surface area contributed by atoms with Crippen LogP contribution >= 0.6 is 23.2 Å². The number of imidazole rings is 1. The molecule has 4 aromatic heterocycles. The van der Waals surface area contributed by atoms with Crippen LogP contribution in [0.5, 0.6) is 0 Å². The van der Waals surface area contributed by atoms with Crippen LogP contribution in [0, 0.1) is 0 Å². The molecule has 5 heterocycles. The number of rotatable bonds is 6. The van der Waals surface area contributed by atoms with Gasteiger partial charge in [0.05, 0.1) is 40.0 Å². The highest BCUT2D eigenvalue weighted by molar-refractivity contribution is 6.42. The molecule has 2 N–H and O–H groups in total. The monoisotopic (exact) mass is 568 g/mol. The molecule has 1 fully saturated rings. The van der Waals surface area contributed by atoms with Gasteiger partial charge in [0.2, 0.25) is 11.9 Å². The summed E-state index contributed by atoms with van der Waals surface area (Å²) in [6, 6.07) is 3.31. The molecule has 1 aliphatic heterocycles. The molecule has 0 bridgehead atoms. The Morgan fingerprint density at radius 1 is 1.03 bits per heavy atom. The lowest BCUT2D eigenvalue weighted by molar-refractivity contribution is -0.0222. The maximum atomic E-state index is 13.8. The Balaban J connectivity index is 1.37. The number of nitrogens with zero attached hydrogens (tertiary/aromatic N) is 8. The number of aromatic nitrogens is 8. The van der Waals surface area contributed by atoms with Crippen molar-refractivity contribution in [3.8, 4) is 11.1 Å². The predicted molar refractivity (Wildman–Crippen MR) is 133 cm³/mol. The van der Waals surface area contributed by atoms with Crippen LogP contribution in [0.3, 0.4) is 0 Å². The minimum Gasteiger partial charge on any atom is -0.347 e. The van der Waals surface area contributed by atoms with Crippen LogP contribution < -0.4 is 10.2 Å². The molecule has 1 saturated heterocycles. The van der Waals surface area contributed by atoms with E-state index in [4.69, 9.17) is 23.2 Å². The lowest BCUT2D eigenvalue weighted by atomic mass is 10.1. The third-order valence-corrected chi connectivity index (χ3v) is 6.96. The number of hydrogen-bond donors (Lipinski definition) is 2. The molecule has 1 aromatic carbocycles. The van der Waals surface area contributed by atoms with E-state index in [1.807, 2.05) is 0 Å². The van der Waals surface area contributed by atoms with Crippen molar-refractivity contribution in [3.63, 3.8) is 0 Å². The molecule has 0 radical (unpaired) electrons. The molecule has 0 saturated carbocycles. The van der Waals surface area contributed by atoms with Gasteiger partial charge in [-0.2, -0.15) is 33.5 Å². The Morgan fingerprint density at radius 3 is 2.53 bits per heavy atom. The summed E-state index contributed by atoms with van der Waals surface area (Å²) in [5, 5.41) is 11.9. The maximum absolute atomic E-state index is 13.8. The minimum atomic E-state index is -2.81. The fraction of sp³-hybridized carbons (Fsp3) is 0.318. The van der Waals surface area contributed by atoms with E-state index in [1.165, 1.54) is 23.1 Å². The van der Waals surface area contributed by atoms with Crippen molar-refractivity contribution < 1.29 is 17.6 Å². The molecular formula is C22H18Cl2F4N10. The summed E-state index contributed by atoms with van der Waals surface area (Å²) < 4.78 is 55.7. The van der Waals surface area contributed by atoms with Crippen molar-refractivity contribution in [3.05, 3.63) is 46.6 Å². The van der Waals surface area contributed by atoms with Crippen LogP contribution in [-0.4, -0.2) is 58.3 Å². The second-order valence-electron chi connectivity index (χ2n) is 8.79. The molecule has 16 heteroatoms. The highest BCUT2D eigenvalue weighted by Gasteiger charge is 2.35. The SMILES string of the molecule is FC(F)n1cc(-c2cnn3c(NCc4nc5cc(Cl)c(Cl)cc5[nH]4)nc(N4CCC(F)(F)CC4)nc23)cn1. The van der Waals surface area contributed by atoms with Crippen molar-refractivity contribution >= 4 is 51.8 Å². The summed E-state index contributed by atoms with van der Waals surface area (Å²) in [5.41, 5.74) is 2.41. The molecule has 1 aliphatic rings. The summed E-state index contributed by atoms with van der Waals surface area (Å²) in [7, 11) is 0. The lowest BCUT2D eigenvalue weighted by Gasteiger charge is -2.31. The summed E-state index contributed by atoms with van der Waals surface area (Å²) in [4.78, 5) is 18.4. The number of anilines is 2. The summed E-state index contributed by atoms with van der Waals surface area (Å²) in [6.45, 7) is -2.51. The van der Waals surface area contributed by atoms with Crippen molar-refractivity contribution in [2.45, 2.75) is 31.9 Å². The second kappa shape index (κ2) is 9.27. The van der Waals surface area contributed by atoms with E-state index in [1.54, 1.807) is 17.0 Å². The van der Waals surface area contributed by atoms with Crippen LogP contribution in [-0.2, 0) is 6.54 Å². The molecule has 10 nitrogen and oxygen atoms in total. The number of fused-ring (bicyclic) bond motifs is 2. The van der Waals surface area contributed by atoms with Crippen molar-refractivity contribution in [2.75, 3.05) is 23.3 Å². The van der Waals surface area contributed by atoms with Gasteiger partial charge in [-0.25, -0.2) is 18.4 Å². The summed E-state index contributed by atoms with van der Waals surface area (Å²) >= 11 is 12.2. The van der Waals surface area contributed by atoms with E-state index in [0.29, 0.717) is 48.4 Å². The van der Waals surface area contributed by atoms with E-state index in [0.717, 1.165) is 0 Å². The van der Waals surface area contributed by atoms with Gasteiger partial charge in [0.25, 0.3) is 5.92 Å². The zero-order chi connectivity index (χ0) is 26.6. The van der Waals surface area contributed by atoms with Crippen LogP contribution in [0.4, 0.5) is 29.5 Å². The Hall–Kier alpha value is -3.65. The molecule has 0 amide bonds. The molecule has 0 spiro atoms. The van der Waals surface area contributed by atoms with E-state index >= 15 is 0 Å². The number of hydrogen-bond acceptors (Lipinski definition) is 7. The van der Waals surface area contributed by atoms with E-state index in [9.17, 15) is 17.6 Å². The van der Waals surface area contributed by atoms with Gasteiger partial charge < -0.3 is 15.2 Å². The zero-order valence-electron chi connectivity index (χ0n) is 19.3. The first-order valence-electron chi connectivity index (χ1n) is 11.5. The fourth-order valence-electron chi connectivity index (χ4n) is 4.25. The van der Waals surface area contributed by atoms with Crippen molar-refractivity contribution in [2.24, 2.45) is 0 Å². The van der Waals surface area contributed by atoms with Crippen LogP contribution in [0.15, 0.2) is 30.7 Å². The third kappa shape index (κ3) is 4.58. The Morgan fingerprint density at radius 2 is 1.79 bits per heavy atom. The van der Waals surface area contributed by atoms with Crippen LogP contribution in [0.2, 0.25) is 10.0 Å². The summed E-state index contributed by atoms with van der Waals surface area (Å²) in [6.07, 6.45) is 3.26. The number of H-pyrrole nitrogens is 1. The quantitative estimate of drug-likeness (QED) is 0.264. The first-order chi connectivity index (χ1) is 18.2. The van der Waals surface area contributed by atoms with Crippen LogP contribution in [0.25, 0.3) is 27.8 Å². The minimum absolute atomic E-state index is 0.0560. The first-order valence-corrected chi connectivity index (χ1v) is 12.2. The number of aromatic amines is 1. The van der Waals surface area contributed by atoms with Gasteiger partial charge in [-0.15, -0.1) is 0 Å². The number of halogens is 6. The van der Waals surface area contributed by atoms with Gasteiger partial charge in [0.15, 0.2) is 5.65 Å². The topological polar surface area (TPSA) is 105 Å². The van der Waals surface area contributed by atoms with Gasteiger partial charge >= 0.3 is 6.55 Å². The Kier molecular flexibility index (Phi) is 6.02. The maximum Gasteiger partial charge on any atom is 0.333 e. The molecule has 198 valence electrons. The zero-order valence-corrected chi connectivity index (χ0v) is 20.9. The van der Waals surface area contributed by atoms with Gasteiger partial charge in [-0.3, -0.25) is 0 Å². The van der Waals surface area contributed by atoms with Crippen molar-refractivity contribution in [1.29, 1.82) is 0 Å². The first kappa shape index (κ1) is 24.7. The standard InChI is InChI=1S/C22H18Cl2F4N10/c23-13-5-15-16(6-14(13)24)33-17(32-15)9-29-20-35-21(36-3-1-22(27,28)2-4-36)34-18-12(8-31-38(18)20)11-7-30-37(10-11)19(25)26/h5-8,10,19H,1-4,9H2,(H,32,33)(H,29,34,35). The molecule has 6 rings (SSSR count). The molecular weight excluding hydrogens is 551 g/mol. The smallest absolute Gasteiger partial charge is 0.333 e. The van der Waals surface area contributed by atoms with Gasteiger partial charge in [0.1, 0.15) is 5.82 Å². The van der Waals surface area contributed by atoms with Crippen molar-refractivity contribution in [1.82, 2.24) is 39.3 Å². The fourth-order valence-corrected chi connectivity index (χ4v) is 4.57. The van der Waals surface area contributed by atoms with E-state index in [2.05, 4.69) is 35.5 Å². The Bertz CT molecular complexity index is 1600. The second-order valence-corrected chi connectivity index (χ2v) is 9.61. The van der Waals surface area contributed by atoms with E-state index in [-0.39, 0.29) is 44.4 Å². The van der Waals surface area contributed by atoms with Gasteiger partial charge in [-0.1, -0.05) is 23.2 Å². The average Bonchev–Trinajstić information content (AvgIpc) is 3.61. The number of benzene rings is 1. The average molecular weight is 569 g/mol. The molecule has 0 atom stereocenters. The van der Waals surface area contributed by atoms with Gasteiger partial charge in [0, 0.05) is 43.3 Å². The highest BCUT2D eigenvalue weighted by atomic mass is 35.5. The normalized spacial score (nSPS) is 15.7. The third-order valence-electron chi connectivity index (χ3n) is 6.23. The number of piperidine rings is 1. The van der Waals surface area contributed by atoms with Gasteiger partial charge in [-0.05, 0) is 12.1 Å². The highest BCUT2D eigenvalue weighted by Crippen LogP contribution is 2.32. The van der Waals surface area contributed by atoms with E-state index < -0.39 is 12.5 Å². The molecule has 0 aliphatic carbocycles. The Labute approximate surface area is 221 Å². The number of nitrogens with one attached hydrogen (secondary N) is 2. The predicted octanol–water partition coefficient (Wildman–Crippen LogP) is 5.41.